The molecule has 0 unspecified atom stereocenters. The molecule has 3 N–H and O–H groups in total. The number of para-hydroxylation sites is 1. The Kier molecular flexibility index (Phi) is 5.07. The van der Waals surface area contributed by atoms with E-state index < -0.39 is 5.91 Å². The molecule has 1 fully saturated rings. The van der Waals surface area contributed by atoms with Gasteiger partial charge in [0.05, 0.1) is 11.9 Å². The lowest BCUT2D eigenvalue weighted by Crippen LogP contribution is -2.47. The van der Waals surface area contributed by atoms with E-state index in [9.17, 15) is 9.59 Å². The number of imidazole rings is 1. The number of hydrogen-bond donors (Lipinski definition) is 2. The van der Waals surface area contributed by atoms with Crippen molar-refractivity contribution in [3.63, 3.8) is 0 Å². The van der Waals surface area contributed by atoms with Gasteiger partial charge in [-0.3, -0.25) is 9.59 Å². The lowest BCUT2D eigenvalue weighted by Gasteiger charge is -2.37. The van der Waals surface area contributed by atoms with Crippen LogP contribution < -0.4 is 10.5 Å². The first-order valence-corrected chi connectivity index (χ1v) is 10.5. The average Bonchev–Trinajstić information content (AvgIpc) is 3.34. The number of aromatic nitrogens is 3. The fourth-order valence-corrected chi connectivity index (χ4v) is 4.02. The third-order valence-electron chi connectivity index (χ3n) is 5.69. The Labute approximate surface area is 190 Å². The molecule has 0 saturated carbocycles. The first-order chi connectivity index (χ1) is 16.0. The number of ether oxygens (including phenoxy) is 1. The van der Waals surface area contributed by atoms with Gasteiger partial charge in [-0.2, -0.15) is 5.10 Å². The van der Waals surface area contributed by atoms with Gasteiger partial charge in [-0.1, -0.05) is 24.1 Å². The van der Waals surface area contributed by atoms with Gasteiger partial charge in [-0.25, -0.2) is 4.52 Å². The Morgan fingerprint density at radius 2 is 1.79 bits per heavy atom. The van der Waals surface area contributed by atoms with Crippen molar-refractivity contribution in [1.29, 1.82) is 0 Å². The first-order valence-electron chi connectivity index (χ1n) is 10.5. The van der Waals surface area contributed by atoms with Gasteiger partial charge in [0, 0.05) is 30.1 Å². The number of nitrogens with one attached hydrogen (secondary N) is 1. The van der Waals surface area contributed by atoms with Gasteiger partial charge >= 0.3 is 0 Å². The Morgan fingerprint density at radius 3 is 2.45 bits per heavy atom. The highest BCUT2D eigenvalue weighted by atomic mass is 16.5. The summed E-state index contributed by atoms with van der Waals surface area (Å²) in [4.78, 5) is 29.2. The van der Waals surface area contributed by atoms with Crippen molar-refractivity contribution in [3.05, 3.63) is 72.1 Å². The minimum Gasteiger partial charge on any atom is -0.457 e. The maximum Gasteiger partial charge on any atom is 0.298 e. The van der Waals surface area contributed by atoms with Gasteiger partial charge in [0.15, 0.2) is 5.69 Å². The van der Waals surface area contributed by atoms with Crippen molar-refractivity contribution in [2.24, 2.45) is 5.73 Å². The standard InChI is InChI=1S/C25H21N5O3/c1-2-6-21(31)29-14-17(15-29)20-13-27-30-23(24(26)32)22(28-25(20)30)16-9-11-19(12-10-16)33-18-7-4-3-5-8-18/h3-5,7-13,17,28H,14-15H2,1H3,(H2,26,32). The normalized spacial score (nSPS) is 13.3. The molecule has 0 atom stereocenters. The maximum absolute atomic E-state index is 12.3. The molecule has 4 aromatic rings. The number of nitrogens with two attached hydrogens (primary N) is 1. The molecule has 0 radical (unpaired) electrons. The highest BCUT2D eigenvalue weighted by Crippen LogP contribution is 2.33. The molecule has 2 amide bonds. The summed E-state index contributed by atoms with van der Waals surface area (Å²) in [6.45, 7) is 2.75. The minimum atomic E-state index is -0.584. The largest absolute Gasteiger partial charge is 0.457 e. The van der Waals surface area contributed by atoms with Crippen LogP contribution in [0, 0.1) is 11.8 Å². The van der Waals surface area contributed by atoms with Crippen LogP contribution in [-0.4, -0.2) is 44.4 Å². The van der Waals surface area contributed by atoms with Crippen molar-refractivity contribution in [2.45, 2.75) is 12.8 Å². The van der Waals surface area contributed by atoms with Crippen LogP contribution in [0.5, 0.6) is 11.5 Å². The number of carbonyl (C=O) groups is 2. The van der Waals surface area contributed by atoms with E-state index in [1.54, 1.807) is 18.0 Å². The number of fused-ring (bicyclic) bond motifs is 1. The zero-order chi connectivity index (χ0) is 22.9. The maximum atomic E-state index is 12.3. The predicted octanol–water partition coefficient (Wildman–Crippen LogP) is 3.17. The molecular weight excluding hydrogens is 418 g/mol. The molecule has 1 aliphatic rings. The number of benzene rings is 2. The summed E-state index contributed by atoms with van der Waals surface area (Å²) in [6.07, 6.45) is 1.72. The second kappa shape index (κ2) is 8.20. The number of rotatable bonds is 5. The molecule has 8 nitrogen and oxygen atoms in total. The van der Waals surface area contributed by atoms with E-state index >= 15 is 0 Å². The lowest BCUT2D eigenvalue weighted by molar-refractivity contribution is -0.129. The number of carbonyl (C=O) groups excluding carboxylic acids is 2. The van der Waals surface area contributed by atoms with Crippen molar-refractivity contribution < 1.29 is 14.3 Å². The van der Waals surface area contributed by atoms with Crippen LogP contribution in [0.15, 0.2) is 60.8 Å². The molecule has 5 rings (SSSR count). The third kappa shape index (κ3) is 3.70. The summed E-state index contributed by atoms with van der Waals surface area (Å²) >= 11 is 0. The highest BCUT2D eigenvalue weighted by Gasteiger charge is 2.34. The zero-order valence-electron chi connectivity index (χ0n) is 17.9. The van der Waals surface area contributed by atoms with E-state index in [1.807, 2.05) is 54.6 Å². The van der Waals surface area contributed by atoms with Gasteiger partial charge in [0.1, 0.15) is 17.1 Å². The van der Waals surface area contributed by atoms with E-state index in [2.05, 4.69) is 21.9 Å². The summed E-state index contributed by atoms with van der Waals surface area (Å²) in [7, 11) is 0. The van der Waals surface area contributed by atoms with Crippen LogP contribution >= 0.6 is 0 Å². The summed E-state index contributed by atoms with van der Waals surface area (Å²) < 4.78 is 7.39. The molecule has 2 aromatic carbocycles. The highest BCUT2D eigenvalue weighted by molar-refractivity contribution is 5.99. The van der Waals surface area contributed by atoms with Crippen LogP contribution in [0.1, 0.15) is 28.9 Å². The van der Waals surface area contributed by atoms with Crippen molar-refractivity contribution >= 4 is 17.5 Å². The molecule has 0 aliphatic carbocycles. The fourth-order valence-electron chi connectivity index (χ4n) is 4.02. The van der Waals surface area contributed by atoms with Crippen molar-refractivity contribution in [3.8, 4) is 34.6 Å². The molecule has 33 heavy (non-hydrogen) atoms. The van der Waals surface area contributed by atoms with Crippen molar-refractivity contribution in [1.82, 2.24) is 19.5 Å². The summed E-state index contributed by atoms with van der Waals surface area (Å²) in [6, 6.07) is 16.9. The molecule has 1 saturated heterocycles. The third-order valence-corrected chi connectivity index (χ3v) is 5.69. The van der Waals surface area contributed by atoms with Gasteiger partial charge in [0.2, 0.25) is 0 Å². The van der Waals surface area contributed by atoms with E-state index in [-0.39, 0.29) is 17.5 Å². The molecule has 2 aromatic heterocycles. The van der Waals surface area contributed by atoms with Gasteiger partial charge in [0.25, 0.3) is 11.8 Å². The minimum absolute atomic E-state index is 0.110. The number of likely N-dealkylation sites (tertiary alicyclic amines) is 1. The quantitative estimate of drug-likeness (QED) is 0.466. The lowest BCUT2D eigenvalue weighted by atomic mass is 9.93. The van der Waals surface area contributed by atoms with E-state index in [0.717, 1.165) is 16.9 Å². The Hall–Kier alpha value is -4.51. The number of aromatic amines is 1. The Balaban J connectivity index is 1.44. The van der Waals surface area contributed by atoms with E-state index in [1.165, 1.54) is 4.52 Å². The average molecular weight is 439 g/mol. The number of H-pyrrole nitrogens is 1. The molecule has 164 valence electrons. The second-order valence-electron chi connectivity index (χ2n) is 7.79. The van der Waals surface area contributed by atoms with Crippen molar-refractivity contribution in [2.75, 3.05) is 13.1 Å². The number of hydrogen-bond acceptors (Lipinski definition) is 4. The topological polar surface area (TPSA) is 106 Å². The van der Waals surface area contributed by atoms with Crippen LogP contribution in [0.4, 0.5) is 0 Å². The molecular formula is C25H21N5O3. The van der Waals surface area contributed by atoms with E-state index in [4.69, 9.17) is 10.5 Å². The molecule has 3 heterocycles. The van der Waals surface area contributed by atoms with Crippen LogP contribution in [0.3, 0.4) is 0 Å². The molecule has 1 aliphatic heterocycles. The smallest absolute Gasteiger partial charge is 0.298 e. The predicted molar refractivity (Wildman–Crippen MR) is 123 cm³/mol. The zero-order valence-corrected chi connectivity index (χ0v) is 17.9. The van der Waals surface area contributed by atoms with Crippen LogP contribution in [-0.2, 0) is 4.79 Å². The van der Waals surface area contributed by atoms with Gasteiger partial charge < -0.3 is 20.4 Å². The number of nitrogens with zero attached hydrogens (tertiary/aromatic N) is 3. The first kappa shape index (κ1) is 20.4. The van der Waals surface area contributed by atoms with Gasteiger partial charge in [-0.15, -0.1) is 0 Å². The summed E-state index contributed by atoms with van der Waals surface area (Å²) in [5.74, 6) is 5.95. The fraction of sp³-hybridized carbons (Fsp3) is 0.160. The summed E-state index contributed by atoms with van der Waals surface area (Å²) in [5, 5.41) is 4.40. The molecule has 8 heteroatoms. The molecule has 0 bridgehead atoms. The monoisotopic (exact) mass is 439 g/mol. The number of amides is 2. The summed E-state index contributed by atoms with van der Waals surface area (Å²) in [5.41, 5.74) is 8.98. The second-order valence-corrected chi connectivity index (χ2v) is 7.79. The van der Waals surface area contributed by atoms with E-state index in [0.29, 0.717) is 30.2 Å². The van der Waals surface area contributed by atoms with Gasteiger partial charge in [-0.05, 0) is 49.2 Å². The Morgan fingerprint density at radius 1 is 1.09 bits per heavy atom. The number of primary amides is 1. The Bertz CT molecular complexity index is 1400. The SMILES string of the molecule is CC#CC(=O)N1CC(c2cnn3c(C(N)=O)c(-c4ccc(Oc5ccccc5)cc4)[nH]c23)C1. The van der Waals surface area contributed by atoms with Crippen LogP contribution in [0.25, 0.3) is 16.9 Å². The molecule has 0 spiro atoms. The van der Waals surface area contributed by atoms with Crippen LogP contribution in [0.2, 0.25) is 0 Å².